The molecule has 3 unspecified atom stereocenters. The fraction of sp³-hybridized carbons (Fsp3) is 0.419. The maximum Gasteiger partial charge on any atom is 0.270 e. The first-order valence-electron chi connectivity index (χ1n) is 14.9. The van der Waals surface area contributed by atoms with Crippen LogP contribution in [0.15, 0.2) is 53.1 Å². The van der Waals surface area contributed by atoms with Gasteiger partial charge in [-0.3, -0.25) is 24.1 Å². The molecule has 246 valence electrons. The molecule has 3 aliphatic heterocycles. The summed E-state index contributed by atoms with van der Waals surface area (Å²) in [5.74, 6) is -2.17. The summed E-state index contributed by atoms with van der Waals surface area (Å²) < 4.78 is 29.9. The van der Waals surface area contributed by atoms with Crippen molar-refractivity contribution < 1.29 is 27.6 Å². The van der Waals surface area contributed by atoms with E-state index in [0.717, 1.165) is 14.8 Å². The van der Waals surface area contributed by atoms with Crippen LogP contribution in [0, 0.1) is 6.92 Å². The third-order valence-corrected chi connectivity index (χ3v) is 11.1. The number of carbonyl (C=O) groups is 4. The van der Waals surface area contributed by atoms with Crippen LogP contribution >= 0.6 is 23.2 Å². The van der Waals surface area contributed by atoms with Gasteiger partial charge in [0.1, 0.15) is 28.8 Å². The van der Waals surface area contributed by atoms with Crippen LogP contribution in [0.3, 0.4) is 0 Å². The van der Waals surface area contributed by atoms with Gasteiger partial charge >= 0.3 is 0 Å². The van der Waals surface area contributed by atoms with Crippen molar-refractivity contribution >= 4 is 62.9 Å². The van der Waals surface area contributed by atoms with Crippen molar-refractivity contribution in [3.8, 4) is 0 Å². The molecule has 3 fully saturated rings. The minimum atomic E-state index is -4.40. The normalized spacial score (nSPS) is 23.3. The Kier molecular flexibility index (Phi) is 9.81. The summed E-state index contributed by atoms with van der Waals surface area (Å²) in [5, 5.41) is 3.16. The zero-order valence-corrected chi connectivity index (χ0v) is 28.0. The number of nitrogens with one attached hydrogen (secondary N) is 1. The molecule has 5 rings (SSSR count). The van der Waals surface area contributed by atoms with Gasteiger partial charge in [-0.15, -0.1) is 0 Å². The highest BCUT2D eigenvalue weighted by molar-refractivity contribution is 7.89. The van der Waals surface area contributed by atoms with Gasteiger partial charge in [-0.1, -0.05) is 41.4 Å². The summed E-state index contributed by atoms with van der Waals surface area (Å²) in [5.41, 5.74) is 6.79. The summed E-state index contributed by atoms with van der Waals surface area (Å²) in [4.78, 5) is 58.1. The molecule has 15 heteroatoms. The van der Waals surface area contributed by atoms with E-state index in [9.17, 15) is 27.6 Å². The number of hydrogen-bond donors (Lipinski definition) is 2. The number of rotatable bonds is 7. The van der Waals surface area contributed by atoms with Crippen LogP contribution in [0.5, 0.6) is 0 Å². The standard InChI is InChI=1S/C31H36Cl2N6O6S/c1-18(2)37-17-27-38(46(44,45)26-11-6-19(3)13-22(26)33)16-23(35-29(41)24-5-4-12-36(24)28(40)15-34)30(42)39(27)25(31(37)43)14-20-7-9-21(32)10-8-20/h6-11,13-14,18,23-24,27H,4-5,12,15-17,34H2,1-3H3,(H,35,41)/b25-14+. The average molecular weight is 692 g/mol. The average Bonchev–Trinajstić information content (AvgIpc) is 3.50. The van der Waals surface area contributed by atoms with E-state index in [-0.39, 0.29) is 34.7 Å². The molecule has 4 amide bonds. The maximum atomic E-state index is 14.4. The number of hydrogen-bond acceptors (Lipinski definition) is 7. The second-order valence-corrected chi connectivity index (χ2v) is 14.5. The number of amides is 4. The third-order valence-electron chi connectivity index (χ3n) is 8.47. The number of likely N-dealkylation sites (tertiary alicyclic amines) is 1. The van der Waals surface area contributed by atoms with Crippen LogP contribution < -0.4 is 11.1 Å². The molecule has 12 nitrogen and oxygen atoms in total. The molecule has 0 bridgehead atoms. The van der Waals surface area contributed by atoms with Gasteiger partial charge in [-0.25, -0.2) is 8.42 Å². The van der Waals surface area contributed by atoms with E-state index >= 15 is 0 Å². The van der Waals surface area contributed by atoms with E-state index in [1.165, 1.54) is 28.0 Å². The topological polar surface area (TPSA) is 153 Å². The molecule has 3 heterocycles. The molecule has 2 aromatic rings. The monoisotopic (exact) mass is 690 g/mol. The molecule has 2 aromatic carbocycles. The number of aryl methyl sites for hydroxylation is 1. The van der Waals surface area contributed by atoms with E-state index in [1.54, 1.807) is 51.1 Å². The smallest absolute Gasteiger partial charge is 0.270 e. The Morgan fingerprint density at radius 3 is 2.41 bits per heavy atom. The maximum absolute atomic E-state index is 14.4. The fourth-order valence-electron chi connectivity index (χ4n) is 6.11. The van der Waals surface area contributed by atoms with E-state index in [4.69, 9.17) is 28.9 Å². The predicted molar refractivity (Wildman–Crippen MR) is 173 cm³/mol. The van der Waals surface area contributed by atoms with E-state index in [1.807, 2.05) is 0 Å². The number of fused-ring (bicyclic) bond motifs is 1. The van der Waals surface area contributed by atoms with Gasteiger partial charge in [0.25, 0.3) is 11.8 Å². The van der Waals surface area contributed by atoms with Crippen molar-refractivity contribution in [1.29, 1.82) is 0 Å². The van der Waals surface area contributed by atoms with Crippen molar-refractivity contribution in [2.45, 2.75) is 62.8 Å². The summed E-state index contributed by atoms with van der Waals surface area (Å²) in [6.07, 6.45) is 1.28. The Labute approximate surface area is 278 Å². The zero-order valence-electron chi connectivity index (χ0n) is 25.7. The Hall–Kier alpha value is -3.49. The Morgan fingerprint density at radius 1 is 1.09 bits per heavy atom. The molecular weight excluding hydrogens is 655 g/mol. The highest BCUT2D eigenvalue weighted by atomic mass is 35.5. The van der Waals surface area contributed by atoms with Gasteiger partial charge in [-0.2, -0.15) is 4.31 Å². The largest absolute Gasteiger partial charge is 0.341 e. The number of halogens is 2. The zero-order chi connectivity index (χ0) is 33.5. The molecule has 3 atom stereocenters. The first kappa shape index (κ1) is 33.9. The van der Waals surface area contributed by atoms with Gasteiger partial charge in [0, 0.05) is 24.2 Å². The number of sulfonamides is 1. The van der Waals surface area contributed by atoms with Crippen LogP contribution in [-0.2, 0) is 29.2 Å². The molecule has 3 saturated heterocycles. The van der Waals surface area contributed by atoms with Gasteiger partial charge < -0.3 is 20.9 Å². The lowest BCUT2D eigenvalue weighted by molar-refractivity contribution is -0.155. The molecule has 46 heavy (non-hydrogen) atoms. The van der Waals surface area contributed by atoms with E-state index in [0.29, 0.717) is 30.0 Å². The molecule has 3 aliphatic rings. The van der Waals surface area contributed by atoms with Gasteiger partial charge in [0.15, 0.2) is 0 Å². The van der Waals surface area contributed by atoms with Crippen LogP contribution in [0.2, 0.25) is 10.0 Å². The minimum absolute atomic E-state index is 0.00420. The molecule has 0 saturated carbocycles. The van der Waals surface area contributed by atoms with Gasteiger partial charge in [0.2, 0.25) is 21.8 Å². The lowest BCUT2D eigenvalue weighted by atomic mass is 10.0. The minimum Gasteiger partial charge on any atom is -0.341 e. The fourth-order valence-corrected chi connectivity index (χ4v) is 8.39. The number of nitrogens with two attached hydrogens (primary N) is 1. The lowest BCUT2D eigenvalue weighted by Crippen LogP contribution is -2.73. The summed E-state index contributed by atoms with van der Waals surface area (Å²) >= 11 is 12.5. The summed E-state index contributed by atoms with van der Waals surface area (Å²) in [6, 6.07) is 8.55. The highest BCUT2D eigenvalue weighted by Gasteiger charge is 2.53. The first-order valence-corrected chi connectivity index (χ1v) is 17.1. The van der Waals surface area contributed by atoms with Crippen LogP contribution in [0.1, 0.15) is 37.8 Å². The van der Waals surface area contributed by atoms with E-state index < -0.39 is 58.4 Å². The quantitative estimate of drug-likeness (QED) is 0.423. The molecule has 3 N–H and O–H groups in total. The van der Waals surface area contributed by atoms with E-state index in [2.05, 4.69) is 5.32 Å². The highest BCUT2D eigenvalue weighted by Crippen LogP contribution is 2.35. The molecule has 0 radical (unpaired) electrons. The van der Waals surface area contributed by atoms with Crippen molar-refractivity contribution in [1.82, 2.24) is 24.3 Å². The Balaban J connectivity index is 1.62. The van der Waals surface area contributed by atoms with Crippen LogP contribution in [0.4, 0.5) is 0 Å². The predicted octanol–water partition coefficient (Wildman–Crippen LogP) is 2.19. The molecule has 0 aromatic heterocycles. The second kappa shape index (κ2) is 13.3. The SMILES string of the molecule is Cc1ccc(S(=O)(=O)N2CC(NC(=O)C3CCCN3C(=O)CN)C(=O)N3/C(=C/c4ccc(Cl)cc4)C(=O)N(C(C)C)CC32)c(Cl)c1. The molecule has 0 spiro atoms. The summed E-state index contributed by atoms with van der Waals surface area (Å²) in [6.45, 7) is 4.88. The van der Waals surface area contributed by atoms with Gasteiger partial charge in [-0.05, 0) is 75.1 Å². The van der Waals surface area contributed by atoms with Crippen LogP contribution in [0.25, 0.3) is 6.08 Å². The first-order chi connectivity index (χ1) is 21.7. The van der Waals surface area contributed by atoms with Gasteiger partial charge in [0.05, 0.1) is 18.1 Å². The molecular formula is C31H36Cl2N6O6S. The number of carbonyl (C=O) groups excluding carboxylic acids is 4. The number of piperazine rings is 1. The van der Waals surface area contributed by atoms with Crippen molar-refractivity contribution in [3.63, 3.8) is 0 Å². The lowest BCUT2D eigenvalue weighted by Gasteiger charge is -2.51. The second-order valence-electron chi connectivity index (χ2n) is 11.8. The van der Waals surface area contributed by atoms with Crippen molar-refractivity contribution in [2.75, 3.05) is 26.2 Å². The molecule has 0 aliphatic carbocycles. The Morgan fingerprint density at radius 2 is 1.78 bits per heavy atom. The van der Waals surface area contributed by atoms with Crippen molar-refractivity contribution in [3.05, 3.63) is 69.3 Å². The van der Waals surface area contributed by atoms with Crippen LogP contribution in [-0.4, -0.2) is 102 Å². The third kappa shape index (κ3) is 6.39. The number of benzene rings is 2. The Bertz CT molecular complexity index is 1700. The number of nitrogens with zero attached hydrogens (tertiary/aromatic N) is 4. The van der Waals surface area contributed by atoms with Crippen molar-refractivity contribution in [2.24, 2.45) is 5.73 Å². The summed E-state index contributed by atoms with van der Waals surface area (Å²) in [7, 11) is -4.40.